The van der Waals surface area contributed by atoms with E-state index in [9.17, 15) is 14.4 Å². The van der Waals surface area contributed by atoms with Gasteiger partial charge in [0.15, 0.2) is 0 Å². The predicted molar refractivity (Wildman–Crippen MR) is 126 cm³/mol. The van der Waals surface area contributed by atoms with Crippen LogP contribution in [0, 0.1) is 6.92 Å². The van der Waals surface area contributed by atoms with E-state index < -0.39 is 5.97 Å². The third-order valence-electron chi connectivity index (χ3n) is 4.76. The highest BCUT2D eigenvalue weighted by Gasteiger charge is 2.35. The molecule has 32 heavy (non-hydrogen) atoms. The van der Waals surface area contributed by atoms with Gasteiger partial charge in [0.05, 0.1) is 22.0 Å². The summed E-state index contributed by atoms with van der Waals surface area (Å²) in [5, 5.41) is -0.0139. The summed E-state index contributed by atoms with van der Waals surface area (Å²) in [7, 11) is 0. The van der Waals surface area contributed by atoms with Gasteiger partial charge in [-0.05, 0) is 60.2 Å². The first-order valence-electron chi connectivity index (χ1n) is 9.78. The van der Waals surface area contributed by atoms with Crippen LogP contribution in [0.1, 0.15) is 27.0 Å². The van der Waals surface area contributed by atoms with Crippen molar-refractivity contribution in [3.63, 3.8) is 0 Å². The van der Waals surface area contributed by atoms with Crippen LogP contribution in [-0.2, 0) is 11.3 Å². The van der Waals surface area contributed by atoms with Gasteiger partial charge in [-0.3, -0.25) is 14.5 Å². The summed E-state index contributed by atoms with van der Waals surface area (Å²) >= 11 is 6.94. The van der Waals surface area contributed by atoms with Crippen LogP contribution in [0.25, 0.3) is 6.08 Å². The van der Waals surface area contributed by atoms with Crippen LogP contribution in [0.15, 0.2) is 77.7 Å². The smallest absolute Gasteiger partial charge is 0.345 e. The average Bonchev–Trinajstić information content (AvgIpc) is 3.01. The molecule has 160 valence electrons. The van der Waals surface area contributed by atoms with Crippen molar-refractivity contribution >= 4 is 46.6 Å². The Morgan fingerprint density at radius 3 is 2.59 bits per heavy atom. The molecular weight excluding hydrogens is 446 g/mol. The highest BCUT2D eigenvalue weighted by Crippen LogP contribution is 2.34. The van der Waals surface area contributed by atoms with Crippen molar-refractivity contribution in [2.45, 2.75) is 13.5 Å². The minimum Gasteiger partial charge on any atom is -0.423 e. The van der Waals surface area contributed by atoms with Crippen molar-refractivity contribution in [3.05, 3.63) is 105 Å². The van der Waals surface area contributed by atoms with Gasteiger partial charge in [-0.15, -0.1) is 0 Å². The number of rotatable bonds is 5. The number of carbonyl (C=O) groups is 3. The van der Waals surface area contributed by atoms with Crippen LogP contribution in [0.5, 0.6) is 5.75 Å². The van der Waals surface area contributed by atoms with E-state index >= 15 is 0 Å². The molecule has 0 N–H and O–H groups in total. The SMILES string of the molecule is Cc1cccc(CN2C(=O)S/C(=C\c3cccc(OC(=O)c4ccccc4Cl)c3)C2=O)c1. The summed E-state index contributed by atoms with van der Waals surface area (Å²) in [5.74, 6) is -0.617. The third-order valence-corrected chi connectivity index (χ3v) is 5.99. The molecule has 0 atom stereocenters. The van der Waals surface area contributed by atoms with Gasteiger partial charge in [0.2, 0.25) is 0 Å². The third kappa shape index (κ3) is 4.93. The molecule has 3 aromatic carbocycles. The van der Waals surface area contributed by atoms with Crippen molar-refractivity contribution in [2.75, 3.05) is 0 Å². The Balaban J connectivity index is 1.50. The molecule has 3 aromatic rings. The Hall–Kier alpha value is -3.35. The second kappa shape index (κ2) is 9.42. The van der Waals surface area contributed by atoms with Crippen LogP contribution in [0.2, 0.25) is 5.02 Å². The number of halogens is 1. The summed E-state index contributed by atoms with van der Waals surface area (Å²) in [6, 6.07) is 21.0. The number of benzene rings is 3. The first kappa shape index (κ1) is 21.9. The Bertz CT molecular complexity index is 1250. The molecule has 0 radical (unpaired) electrons. The number of thioether (sulfide) groups is 1. The topological polar surface area (TPSA) is 63.7 Å². The first-order chi connectivity index (χ1) is 15.4. The maximum atomic E-state index is 12.8. The fourth-order valence-corrected chi connectivity index (χ4v) is 4.29. The van der Waals surface area contributed by atoms with Crippen molar-refractivity contribution in [3.8, 4) is 5.75 Å². The lowest BCUT2D eigenvalue weighted by Gasteiger charge is -2.12. The maximum Gasteiger partial charge on any atom is 0.345 e. The minimum atomic E-state index is -0.578. The van der Waals surface area contributed by atoms with E-state index in [2.05, 4.69) is 0 Å². The summed E-state index contributed by atoms with van der Waals surface area (Å²) < 4.78 is 5.42. The van der Waals surface area contributed by atoms with Gasteiger partial charge in [0.1, 0.15) is 5.75 Å². The van der Waals surface area contributed by atoms with Gasteiger partial charge in [-0.1, -0.05) is 65.7 Å². The maximum absolute atomic E-state index is 12.8. The second-order valence-electron chi connectivity index (χ2n) is 7.20. The predicted octanol–water partition coefficient (Wildman–Crippen LogP) is 6.10. The molecule has 1 saturated heterocycles. The van der Waals surface area contributed by atoms with Gasteiger partial charge in [-0.2, -0.15) is 0 Å². The minimum absolute atomic E-state index is 0.221. The van der Waals surface area contributed by atoms with E-state index in [0.29, 0.717) is 21.2 Å². The number of imide groups is 1. The van der Waals surface area contributed by atoms with Crippen LogP contribution < -0.4 is 4.74 Å². The standard InChI is InChI=1S/C25H18ClNO4S/c1-16-6-4-8-18(12-16)15-27-23(28)22(32-25(27)30)14-17-7-5-9-19(13-17)31-24(29)20-10-2-3-11-21(20)26/h2-14H,15H2,1H3/b22-14-. The number of ether oxygens (including phenoxy) is 1. The number of esters is 1. The van der Waals surface area contributed by atoms with E-state index in [1.807, 2.05) is 31.2 Å². The van der Waals surface area contributed by atoms with Gasteiger partial charge in [0.25, 0.3) is 11.1 Å². The molecule has 0 aromatic heterocycles. The summed E-state index contributed by atoms with van der Waals surface area (Å²) in [6.07, 6.45) is 1.62. The molecule has 4 rings (SSSR count). The molecule has 7 heteroatoms. The number of amides is 2. The number of hydrogen-bond donors (Lipinski definition) is 0. The number of carbonyl (C=O) groups excluding carboxylic acids is 3. The van der Waals surface area contributed by atoms with E-state index in [0.717, 1.165) is 22.9 Å². The van der Waals surface area contributed by atoms with Crippen molar-refractivity contribution in [1.29, 1.82) is 0 Å². The molecule has 2 amide bonds. The summed E-state index contributed by atoms with van der Waals surface area (Å²) in [5.41, 5.74) is 2.85. The molecule has 0 saturated carbocycles. The first-order valence-corrected chi connectivity index (χ1v) is 11.0. The molecule has 1 fully saturated rings. The Morgan fingerprint density at radius 1 is 1.03 bits per heavy atom. The van der Waals surface area contributed by atoms with Gasteiger partial charge in [0, 0.05) is 0 Å². The van der Waals surface area contributed by atoms with Gasteiger partial charge < -0.3 is 4.74 Å². The molecule has 1 aliphatic heterocycles. The molecule has 0 spiro atoms. The Labute approximate surface area is 194 Å². The lowest BCUT2D eigenvalue weighted by molar-refractivity contribution is -0.123. The van der Waals surface area contributed by atoms with Gasteiger partial charge in [-0.25, -0.2) is 4.79 Å². The van der Waals surface area contributed by atoms with Crippen LogP contribution in [0.3, 0.4) is 0 Å². The molecule has 1 aliphatic rings. The van der Waals surface area contributed by atoms with E-state index in [-0.39, 0.29) is 23.3 Å². The largest absolute Gasteiger partial charge is 0.423 e. The number of aryl methyl sites for hydroxylation is 1. The summed E-state index contributed by atoms with van der Waals surface area (Å²) in [4.78, 5) is 39.2. The van der Waals surface area contributed by atoms with Crippen molar-refractivity contribution in [1.82, 2.24) is 4.90 Å². The second-order valence-corrected chi connectivity index (χ2v) is 8.60. The zero-order valence-electron chi connectivity index (χ0n) is 17.1. The average molecular weight is 464 g/mol. The monoisotopic (exact) mass is 463 g/mol. The number of hydrogen-bond acceptors (Lipinski definition) is 5. The molecule has 0 bridgehead atoms. The zero-order chi connectivity index (χ0) is 22.7. The van der Waals surface area contributed by atoms with E-state index in [1.54, 1.807) is 54.6 Å². The lowest BCUT2D eigenvalue weighted by atomic mass is 10.1. The molecule has 0 aliphatic carbocycles. The molecule has 5 nitrogen and oxygen atoms in total. The quantitative estimate of drug-likeness (QED) is 0.260. The van der Waals surface area contributed by atoms with E-state index in [4.69, 9.17) is 16.3 Å². The highest BCUT2D eigenvalue weighted by atomic mass is 35.5. The number of nitrogens with zero attached hydrogens (tertiary/aromatic N) is 1. The van der Waals surface area contributed by atoms with Crippen LogP contribution in [0.4, 0.5) is 4.79 Å². The summed E-state index contributed by atoms with van der Waals surface area (Å²) in [6.45, 7) is 2.18. The van der Waals surface area contributed by atoms with Crippen molar-refractivity contribution in [2.24, 2.45) is 0 Å². The van der Waals surface area contributed by atoms with Crippen molar-refractivity contribution < 1.29 is 19.1 Å². The highest BCUT2D eigenvalue weighted by molar-refractivity contribution is 8.18. The normalized spacial score (nSPS) is 14.8. The Kier molecular flexibility index (Phi) is 6.44. The fourth-order valence-electron chi connectivity index (χ4n) is 3.24. The molecule has 0 unspecified atom stereocenters. The van der Waals surface area contributed by atoms with E-state index in [1.165, 1.54) is 4.90 Å². The Morgan fingerprint density at radius 2 is 1.81 bits per heavy atom. The fraction of sp³-hybridized carbons (Fsp3) is 0.0800. The van der Waals surface area contributed by atoms with Gasteiger partial charge >= 0.3 is 5.97 Å². The molecule has 1 heterocycles. The van der Waals surface area contributed by atoms with Crippen LogP contribution >= 0.6 is 23.4 Å². The van der Waals surface area contributed by atoms with Crippen LogP contribution in [-0.4, -0.2) is 22.0 Å². The molecular formula is C25H18ClNO4S. The lowest BCUT2D eigenvalue weighted by Crippen LogP contribution is -2.27. The zero-order valence-corrected chi connectivity index (χ0v) is 18.7.